The number of rotatable bonds is 4. The van der Waals surface area contributed by atoms with Gasteiger partial charge in [-0.15, -0.1) is 11.3 Å². The van der Waals surface area contributed by atoms with Crippen LogP contribution in [0, 0.1) is 0 Å². The maximum Gasteiger partial charge on any atom is 0.0990 e. The molecule has 0 unspecified atom stereocenters. The van der Waals surface area contributed by atoms with Crippen molar-refractivity contribution >= 4 is 11.3 Å². The lowest BCUT2D eigenvalue weighted by Gasteiger charge is -2.18. The fraction of sp³-hybridized carbons (Fsp3) is 0.800. The maximum absolute atomic E-state index is 4.99. The average molecular weight is 264 g/mol. The quantitative estimate of drug-likeness (QED) is 0.896. The summed E-state index contributed by atoms with van der Waals surface area (Å²) >= 11 is 1.95. The van der Waals surface area contributed by atoms with Gasteiger partial charge in [0.05, 0.1) is 10.7 Å². The van der Waals surface area contributed by atoms with Crippen LogP contribution in [0.3, 0.4) is 0 Å². The standard InChI is InChI=1S/C15H24N2S/c1-14(2,3)12-11(9-16-10-5-6-10)18-13(17-12)15(4)7-8-15/h10,16H,5-9H2,1-4H3. The van der Waals surface area contributed by atoms with Crippen LogP contribution in [-0.2, 0) is 17.4 Å². The van der Waals surface area contributed by atoms with Crippen LogP contribution in [0.5, 0.6) is 0 Å². The molecule has 0 aliphatic heterocycles. The van der Waals surface area contributed by atoms with Gasteiger partial charge in [-0.2, -0.15) is 0 Å². The fourth-order valence-corrected chi connectivity index (χ4v) is 3.67. The first-order valence-electron chi connectivity index (χ1n) is 7.12. The van der Waals surface area contributed by atoms with Gasteiger partial charge >= 0.3 is 0 Å². The number of aromatic nitrogens is 1. The number of hydrogen-bond donors (Lipinski definition) is 1. The molecule has 1 N–H and O–H groups in total. The predicted molar refractivity (Wildman–Crippen MR) is 77.3 cm³/mol. The molecule has 18 heavy (non-hydrogen) atoms. The van der Waals surface area contributed by atoms with Crippen LogP contribution >= 0.6 is 11.3 Å². The Balaban J connectivity index is 1.85. The fourth-order valence-electron chi connectivity index (χ4n) is 2.24. The zero-order chi connectivity index (χ0) is 13.0. The number of thiazole rings is 1. The lowest BCUT2D eigenvalue weighted by molar-refractivity contribution is 0.554. The highest BCUT2D eigenvalue weighted by Crippen LogP contribution is 2.50. The summed E-state index contributed by atoms with van der Waals surface area (Å²) < 4.78 is 0. The van der Waals surface area contributed by atoms with Gasteiger partial charge in [-0.3, -0.25) is 0 Å². The lowest BCUT2D eigenvalue weighted by atomic mass is 9.91. The molecule has 0 spiro atoms. The summed E-state index contributed by atoms with van der Waals surface area (Å²) in [6.45, 7) is 10.2. The van der Waals surface area contributed by atoms with E-state index in [0.29, 0.717) is 5.41 Å². The van der Waals surface area contributed by atoms with Crippen LogP contribution < -0.4 is 5.32 Å². The third kappa shape index (κ3) is 2.48. The van der Waals surface area contributed by atoms with Crippen molar-refractivity contribution in [1.82, 2.24) is 10.3 Å². The van der Waals surface area contributed by atoms with Gasteiger partial charge < -0.3 is 5.32 Å². The maximum atomic E-state index is 4.99. The molecule has 2 nitrogen and oxygen atoms in total. The van der Waals surface area contributed by atoms with Gasteiger partial charge in [-0.05, 0) is 25.7 Å². The first kappa shape index (κ1) is 12.6. The third-order valence-electron chi connectivity index (χ3n) is 4.05. The summed E-state index contributed by atoms with van der Waals surface area (Å²) in [6.07, 6.45) is 5.35. The molecule has 2 aliphatic carbocycles. The van der Waals surface area contributed by atoms with Crippen molar-refractivity contribution in [3.05, 3.63) is 15.6 Å². The summed E-state index contributed by atoms with van der Waals surface area (Å²) in [5, 5.41) is 5.02. The minimum Gasteiger partial charge on any atom is -0.309 e. The zero-order valence-corrected chi connectivity index (χ0v) is 12.8. The van der Waals surface area contributed by atoms with Gasteiger partial charge in [0.1, 0.15) is 0 Å². The largest absolute Gasteiger partial charge is 0.309 e. The van der Waals surface area contributed by atoms with E-state index in [1.54, 1.807) is 0 Å². The monoisotopic (exact) mass is 264 g/mol. The van der Waals surface area contributed by atoms with Gasteiger partial charge in [-0.25, -0.2) is 4.98 Å². The van der Waals surface area contributed by atoms with Crippen LogP contribution in [0.15, 0.2) is 0 Å². The van der Waals surface area contributed by atoms with Gasteiger partial charge in [0.2, 0.25) is 0 Å². The minimum absolute atomic E-state index is 0.167. The molecule has 2 aliphatic rings. The van der Waals surface area contributed by atoms with Crippen molar-refractivity contribution < 1.29 is 0 Å². The first-order valence-corrected chi connectivity index (χ1v) is 7.94. The second-order valence-corrected chi connectivity index (χ2v) is 8.34. The molecule has 3 heteroatoms. The second kappa shape index (κ2) is 4.04. The van der Waals surface area contributed by atoms with E-state index >= 15 is 0 Å². The van der Waals surface area contributed by atoms with Crippen LogP contribution in [0.25, 0.3) is 0 Å². The summed E-state index contributed by atoms with van der Waals surface area (Å²) in [5.74, 6) is 0. The molecule has 0 saturated heterocycles. The molecule has 0 atom stereocenters. The minimum atomic E-state index is 0.167. The Morgan fingerprint density at radius 2 is 2.00 bits per heavy atom. The predicted octanol–water partition coefficient (Wildman–Crippen LogP) is 3.74. The molecular weight excluding hydrogens is 240 g/mol. The number of nitrogens with zero attached hydrogens (tertiary/aromatic N) is 1. The van der Waals surface area contributed by atoms with E-state index in [9.17, 15) is 0 Å². The summed E-state index contributed by atoms with van der Waals surface area (Å²) in [4.78, 5) is 6.46. The SMILES string of the molecule is CC(C)(C)c1nc(C2(C)CC2)sc1CNC1CC1. The Morgan fingerprint density at radius 3 is 2.50 bits per heavy atom. The highest BCUT2D eigenvalue weighted by atomic mass is 32.1. The molecule has 0 radical (unpaired) electrons. The topological polar surface area (TPSA) is 24.9 Å². The Labute approximate surface area is 114 Å². The Hall–Kier alpha value is -0.410. The zero-order valence-electron chi connectivity index (χ0n) is 12.0. The highest BCUT2D eigenvalue weighted by molar-refractivity contribution is 7.12. The van der Waals surface area contributed by atoms with E-state index in [0.717, 1.165) is 12.6 Å². The molecule has 1 heterocycles. The Bertz CT molecular complexity index is 448. The summed E-state index contributed by atoms with van der Waals surface area (Å²) in [7, 11) is 0. The first-order chi connectivity index (χ1) is 8.38. The van der Waals surface area contributed by atoms with Crippen molar-refractivity contribution in [3.8, 4) is 0 Å². The van der Waals surface area contributed by atoms with E-state index < -0.39 is 0 Å². The molecule has 0 amide bonds. The smallest absolute Gasteiger partial charge is 0.0990 e. The molecule has 1 aromatic rings. The second-order valence-electron chi connectivity index (χ2n) is 7.26. The summed E-state index contributed by atoms with van der Waals surface area (Å²) in [6, 6.07) is 0.778. The Morgan fingerprint density at radius 1 is 1.33 bits per heavy atom. The van der Waals surface area contributed by atoms with E-state index in [2.05, 4.69) is 33.0 Å². The van der Waals surface area contributed by atoms with E-state index in [1.807, 2.05) is 11.3 Å². The van der Waals surface area contributed by atoms with Crippen molar-refractivity contribution in [2.45, 2.75) is 76.8 Å². The van der Waals surface area contributed by atoms with Gasteiger partial charge in [0.25, 0.3) is 0 Å². The van der Waals surface area contributed by atoms with E-state index in [1.165, 1.54) is 41.3 Å². The highest BCUT2D eigenvalue weighted by Gasteiger charge is 2.43. The van der Waals surface area contributed by atoms with Crippen molar-refractivity contribution in [2.75, 3.05) is 0 Å². The molecular formula is C15H24N2S. The molecule has 0 bridgehead atoms. The van der Waals surface area contributed by atoms with Crippen molar-refractivity contribution in [1.29, 1.82) is 0 Å². The van der Waals surface area contributed by atoms with Gasteiger partial charge in [-0.1, -0.05) is 27.7 Å². The molecule has 3 rings (SSSR count). The van der Waals surface area contributed by atoms with E-state index in [-0.39, 0.29) is 5.41 Å². The third-order valence-corrected chi connectivity index (χ3v) is 5.41. The van der Waals surface area contributed by atoms with Gasteiger partial charge in [0.15, 0.2) is 0 Å². The summed E-state index contributed by atoms with van der Waals surface area (Å²) in [5.41, 5.74) is 1.90. The van der Waals surface area contributed by atoms with Gasteiger partial charge in [0, 0.05) is 28.3 Å². The van der Waals surface area contributed by atoms with Crippen LogP contribution in [0.4, 0.5) is 0 Å². The number of hydrogen-bond acceptors (Lipinski definition) is 3. The average Bonchev–Trinajstić information content (AvgIpc) is 3.17. The van der Waals surface area contributed by atoms with E-state index in [4.69, 9.17) is 4.98 Å². The van der Waals surface area contributed by atoms with Crippen molar-refractivity contribution in [3.63, 3.8) is 0 Å². The molecule has 100 valence electrons. The molecule has 1 aromatic heterocycles. The van der Waals surface area contributed by atoms with Crippen LogP contribution in [0.2, 0.25) is 0 Å². The van der Waals surface area contributed by atoms with Crippen LogP contribution in [0.1, 0.15) is 69.0 Å². The normalized spacial score (nSPS) is 22.2. The molecule has 2 fully saturated rings. The molecule has 2 saturated carbocycles. The lowest BCUT2D eigenvalue weighted by Crippen LogP contribution is -2.20. The Kier molecular flexibility index (Phi) is 2.83. The van der Waals surface area contributed by atoms with Crippen LogP contribution in [-0.4, -0.2) is 11.0 Å². The molecule has 0 aromatic carbocycles. The van der Waals surface area contributed by atoms with Crippen molar-refractivity contribution in [2.24, 2.45) is 0 Å². The number of nitrogens with one attached hydrogen (secondary N) is 1.